The summed E-state index contributed by atoms with van der Waals surface area (Å²) in [5.41, 5.74) is 0.208. The molecular weight excluding hydrogens is 398 g/mol. The number of hydrogen-bond acceptors (Lipinski definition) is 4. The number of carbonyl (C=O) groups is 1. The van der Waals surface area contributed by atoms with Crippen LogP contribution in [0.15, 0.2) is 32.5 Å². The lowest BCUT2D eigenvalue weighted by molar-refractivity contribution is 0.0696. The highest BCUT2D eigenvalue weighted by molar-refractivity contribution is 9.11. The number of carboxylic acid groups (broad SMARTS) is 1. The van der Waals surface area contributed by atoms with Gasteiger partial charge in [-0.25, -0.2) is 4.79 Å². The third kappa shape index (κ3) is 3.10. The van der Waals surface area contributed by atoms with Gasteiger partial charge in [-0.3, -0.25) is 0 Å². The average Bonchev–Trinajstić information content (AvgIpc) is 2.84. The van der Waals surface area contributed by atoms with Crippen molar-refractivity contribution in [2.24, 2.45) is 0 Å². The summed E-state index contributed by atoms with van der Waals surface area (Å²) < 4.78 is 0.830. The van der Waals surface area contributed by atoms with Gasteiger partial charge in [-0.1, -0.05) is 6.07 Å². The van der Waals surface area contributed by atoms with Crippen LogP contribution in [0.25, 0.3) is 0 Å². The van der Waals surface area contributed by atoms with Crippen molar-refractivity contribution in [3.8, 4) is 5.75 Å². The second kappa shape index (κ2) is 5.94. The van der Waals surface area contributed by atoms with Crippen LogP contribution in [0.3, 0.4) is 0 Å². The van der Waals surface area contributed by atoms with Gasteiger partial charge in [0.15, 0.2) is 5.75 Å². The number of anilines is 1. The first kappa shape index (κ1) is 14.4. The molecular formula is C12H9Br2NO3S. The number of aromatic carboxylic acids is 1. The Morgan fingerprint density at radius 3 is 2.68 bits per heavy atom. The van der Waals surface area contributed by atoms with Crippen LogP contribution in [0.1, 0.15) is 15.2 Å². The van der Waals surface area contributed by atoms with Gasteiger partial charge in [0.05, 0.1) is 10.2 Å². The molecule has 2 aromatic rings. The summed E-state index contributed by atoms with van der Waals surface area (Å²) in [7, 11) is 0. The van der Waals surface area contributed by atoms with Crippen molar-refractivity contribution < 1.29 is 15.0 Å². The summed E-state index contributed by atoms with van der Waals surface area (Å²) >= 11 is 7.94. The van der Waals surface area contributed by atoms with E-state index in [2.05, 4.69) is 37.2 Å². The molecule has 7 heteroatoms. The number of phenolic OH excluding ortho intramolecular Hbond substituents is 1. The standard InChI is InChI=1S/C12H9Br2NO3S/c13-7-4-8(14)11(16)10(9(7)12(17)18)15-5-6-2-1-3-19-6/h1-4,15-16H,5H2,(H,17,18). The molecule has 0 aliphatic rings. The molecule has 0 fully saturated rings. The van der Waals surface area contributed by atoms with E-state index < -0.39 is 5.97 Å². The van der Waals surface area contributed by atoms with Crippen molar-refractivity contribution in [2.75, 3.05) is 5.32 Å². The molecule has 0 aliphatic heterocycles. The van der Waals surface area contributed by atoms with E-state index >= 15 is 0 Å². The van der Waals surface area contributed by atoms with E-state index in [1.54, 1.807) is 11.3 Å². The Morgan fingerprint density at radius 1 is 1.37 bits per heavy atom. The van der Waals surface area contributed by atoms with Gasteiger partial charge in [0, 0.05) is 15.9 Å². The van der Waals surface area contributed by atoms with Gasteiger partial charge >= 0.3 is 5.97 Å². The molecule has 0 aliphatic carbocycles. The molecule has 0 atom stereocenters. The average molecular weight is 407 g/mol. The Balaban J connectivity index is 2.39. The van der Waals surface area contributed by atoms with E-state index in [4.69, 9.17) is 0 Å². The van der Waals surface area contributed by atoms with Crippen molar-refractivity contribution >= 4 is 54.9 Å². The number of nitrogens with one attached hydrogen (secondary N) is 1. The highest BCUT2D eigenvalue weighted by Gasteiger charge is 2.20. The van der Waals surface area contributed by atoms with Crippen LogP contribution >= 0.6 is 43.2 Å². The zero-order valence-corrected chi connectivity index (χ0v) is 13.5. The maximum Gasteiger partial charge on any atom is 0.339 e. The molecule has 1 aromatic heterocycles. The van der Waals surface area contributed by atoms with E-state index in [0.717, 1.165) is 4.88 Å². The zero-order chi connectivity index (χ0) is 14.0. The maximum atomic E-state index is 11.3. The Morgan fingerprint density at radius 2 is 2.11 bits per heavy atom. The minimum absolute atomic E-state index is 0.0113. The number of aromatic hydroxyl groups is 1. The Labute approximate surface area is 130 Å². The molecule has 1 heterocycles. The number of phenols is 1. The van der Waals surface area contributed by atoms with Crippen molar-refractivity contribution in [1.29, 1.82) is 0 Å². The van der Waals surface area contributed by atoms with E-state index in [-0.39, 0.29) is 17.0 Å². The van der Waals surface area contributed by atoms with Crippen LogP contribution < -0.4 is 5.32 Å². The fraction of sp³-hybridized carbons (Fsp3) is 0.0833. The monoisotopic (exact) mass is 405 g/mol. The van der Waals surface area contributed by atoms with Crippen LogP contribution in [0.5, 0.6) is 5.75 Å². The molecule has 19 heavy (non-hydrogen) atoms. The Kier molecular flexibility index (Phi) is 4.49. The van der Waals surface area contributed by atoms with Crippen molar-refractivity contribution in [3.63, 3.8) is 0 Å². The van der Waals surface area contributed by atoms with Gasteiger partial charge in [-0.15, -0.1) is 11.3 Å². The highest BCUT2D eigenvalue weighted by Crippen LogP contribution is 2.40. The number of rotatable bonds is 4. The number of carboxylic acids is 1. The Hall–Kier alpha value is -1.05. The fourth-order valence-corrected chi connectivity index (χ4v) is 3.55. The zero-order valence-electron chi connectivity index (χ0n) is 9.48. The lowest BCUT2D eigenvalue weighted by Crippen LogP contribution is -2.07. The van der Waals surface area contributed by atoms with Crippen LogP contribution in [0, 0.1) is 0 Å². The van der Waals surface area contributed by atoms with Crippen molar-refractivity contribution in [1.82, 2.24) is 0 Å². The highest BCUT2D eigenvalue weighted by atomic mass is 79.9. The van der Waals surface area contributed by atoms with Gasteiger partial charge in [0.1, 0.15) is 5.56 Å². The molecule has 0 saturated heterocycles. The topological polar surface area (TPSA) is 69.6 Å². The molecule has 3 N–H and O–H groups in total. The van der Waals surface area contributed by atoms with Crippen molar-refractivity contribution in [3.05, 3.63) is 43.0 Å². The minimum Gasteiger partial charge on any atom is -0.505 e. The predicted molar refractivity (Wildman–Crippen MR) is 82.1 cm³/mol. The smallest absolute Gasteiger partial charge is 0.339 e. The molecule has 0 amide bonds. The lowest BCUT2D eigenvalue weighted by atomic mass is 10.1. The quantitative estimate of drug-likeness (QED) is 0.662. The van der Waals surface area contributed by atoms with Crippen LogP contribution in [-0.4, -0.2) is 16.2 Å². The van der Waals surface area contributed by atoms with Gasteiger partial charge < -0.3 is 15.5 Å². The molecule has 1 aromatic carbocycles. The van der Waals surface area contributed by atoms with Crippen LogP contribution in [0.4, 0.5) is 5.69 Å². The summed E-state index contributed by atoms with van der Waals surface area (Å²) in [4.78, 5) is 12.3. The molecule has 100 valence electrons. The minimum atomic E-state index is -1.11. The summed E-state index contributed by atoms with van der Waals surface area (Å²) in [6.45, 7) is 0.453. The van der Waals surface area contributed by atoms with Crippen LogP contribution in [-0.2, 0) is 6.54 Å². The van der Waals surface area contributed by atoms with Crippen molar-refractivity contribution in [2.45, 2.75) is 6.54 Å². The third-order valence-corrected chi connectivity index (χ3v) is 4.54. The summed E-state index contributed by atoms with van der Waals surface area (Å²) in [6.07, 6.45) is 0. The predicted octanol–water partition coefficient (Wildman–Crippen LogP) is 4.29. The van der Waals surface area contributed by atoms with Gasteiger partial charge in [0.25, 0.3) is 0 Å². The van der Waals surface area contributed by atoms with E-state index in [1.807, 2.05) is 17.5 Å². The molecule has 2 rings (SSSR count). The number of benzene rings is 1. The summed E-state index contributed by atoms with van der Waals surface area (Å²) in [5.74, 6) is -1.22. The largest absolute Gasteiger partial charge is 0.505 e. The third-order valence-electron chi connectivity index (χ3n) is 2.44. The van der Waals surface area contributed by atoms with Gasteiger partial charge in [-0.2, -0.15) is 0 Å². The van der Waals surface area contributed by atoms with Gasteiger partial charge in [-0.05, 0) is 49.4 Å². The molecule has 0 bridgehead atoms. The Bertz CT molecular complexity index is 614. The molecule has 4 nitrogen and oxygen atoms in total. The molecule has 0 radical (unpaired) electrons. The summed E-state index contributed by atoms with van der Waals surface area (Å²) in [6, 6.07) is 5.35. The molecule has 0 spiro atoms. The number of halogens is 2. The number of thiophene rings is 1. The van der Waals surface area contributed by atoms with E-state index in [1.165, 1.54) is 6.07 Å². The second-order valence-electron chi connectivity index (χ2n) is 3.68. The first-order valence-corrected chi connectivity index (χ1v) is 7.67. The lowest BCUT2D eigenvalue weighted by Gasteiger charge is -2.13. The molecule has 0 saturated carbocycles. The maximum absolute atomic E-state index is 11.3. The van der Waals surface area contributed by atoms with E-state index in [0.29, 0.717) is 15.5 Å². The first-order chi connectivity index (χ1) is 9.00. The summed E-state index contributed by atoms with van der Waals surface area (Å²) in [5, 5.41) is 24.1. The SMILES string of the molecule is O=C(O)c1c(Br)cc(Br)c(O)c1NCc1cccs1. The second-order valence-corrected chi connectivity index (χ2v) is 6.42. The number of hydrogen-bond donors (Lipinski definition) is 3. The fourth-order valence-electron chi connectivity index (χ4n) is 1.58. The first-order valence-electron chi connectivity index (χ1n) is 5.21. The van der Waals surface area contributed by atoms with Crippen LogP contribution in [0.2, 0.25) is 0 Å². The van der Waals surface area contributed by atoms with E-state index in [9.17, 15) is 15.0 Å². The van der Waals surface area contributed by atoms with Gasteiger partial charge in [0.2, 0.25) is 0 Å². The normalized spacial score (nSPS) is 10.4. The molecule has 0 unspecified atom stereocenters.